The molecule has 0 rings (SSSR count). The summed E-state index contributed by atoms with van der Waals surface area (Å²) < 4.78 is 4.91. The van der Waals surface area contributed by atoms with Crippen LogP contribution in [0, 0.1) is 0 Å². The molecule has 0 aliphatic heterocycles. The second-order valence-corrected chi connectivity index (χ2v) is 3.56. The maximum atomic E-state index is 11.1. The maximum absolute atomic E-state index is 11.1. The van der Waals surface area contributed by atoms with Crippen molar-refractivity contribution in [1.82, 2.24) is 5.06 Å². The molecular weight excluding hydrogens is 174 g/mol. The molecule has 0 heterocycles. The first-order valence-corrected chi connectivity index (χ1v) is 3.87. The molecule has 0 N–H and O–H groups in total. The number of amides is 1. The van der Waals surface area contributed by atoms with E-state index in [-0.39, 0.29) is 0 Å². The Kier molecular flexibility index (Phi) is 3.71. The maximum Gasteiger partial charge on any atom is 0.443 e. The minimum Gasteiger partial charge on any atom is -0.442 e. The molecular formula is C8H15NO4. The van der Waals surface area contributed by atoms with Gasteiger partial charge in [0, 0.05) is 6.92 Å². The molecule has 0 atom stereocenters. The molecule has 0 aromatic carbocycles. The van der Waals surface area contributed by atoms with Gasteiger partial charge < -0.3 is 9.57 Å². The highest BCUT2D eigenvalue weighted by Gasteiger charge is 2.21. The summed E-state index contributed by atoms with van der Waals surface area (Å²) in [5.74, 6) is -0.562. The van der Waals surface area contributed by atoms with Gasteiger partial charge in [0.25, 0.3) is 0 Å². The van der Waals surface area contributed by atoms with Crippen LogP contribution >= 0.6 is 0 Å². The number of hydrogen-bond donors (Lipinski definition) is 0. The van der Waals surface area contributed by atoms with E-state index in [0.717, 1.165) is 5.06 Å². The van der Waals surface area contributed by atoms with Crippen molar-refractivity contribution >= 4 is 12.1 Å². The molecule has 0 saturated heterocycles. The molecule has 0 saturated carbocycles. The Morgan fingerprint density at radius 3 is 2.00 bits per heavy atom. The summed E-state index contributed by atoms with van der Waals surface area (Å²) in [6, 6.07) is 0. The van der Waals surface area contributed by atoms with Crippen molar-refractivity contribution in [2.45, 2.75) is 33.3 Å². The molecule has 0 bridgehead atoms. The van der Waals surface area contributed by atoms with Crippen LogP contribution in [0.2, 0.25) is 0 Å². The van der Waals surface area contributed by atoms with Gasteiger partial charge in [-0.2, -0.15) is 0 Å². The minimum atomic E-state index is -0.692. The normalized spacial score (nSPS) is 10.5. The molecule has 76 valence electrons. The Morgan fingerprint density at radius 2 is 1.69 bits per heavy atom. The lowest BCUT2D eigenvalue weighted by molar-refractivity contribution is -0.176. The average Bonchev–Trinajstić information content (AvgIpc) is 1.81. The monoisotopic (exact) mass is 189 g/mol. The van der Waals surface area contributed by atoms with Gasteiger partial charge in [-0.1, -0.05) is 0 Å². The van der Waals surface area contributed by atoms with Gasteiger partial charge in [0.05, 0.1) is 7.05 Å². The molecule has 0 aromatic rings. The molecule has 5 nitrogen and oxygen atoms in total. The minimum absolute atomic E-state index is 0.562. The molecule has 0 radical (unpaired) electrons. The topological polar surface area (TPSA) is 55.8 Å². The van der Waals surface area contributed by atoms with Crippen molar-refractivity contribution in [2.75, 3.05) is 7.05 Å². The lowest BCUT2D eigenvalue weighted by Gasteiger charge is -2.23. The Morgan fingerprint density at radius 1 is 1.23 bits per heavy atom. The molecule has 1 amide bonds. The first kappa shape index (κ1) is 11.7. The van der Waals surface area contributed by atoms with Gasteiger partial charge in [-0.3, -0.25) is 4.79 Å². The molecule has 0 aliphatic carbocycles. The number of hydrogen-bond acceptors (Lipinski definition) is 4. The lowest BCUT2D eigenvalue weighted by Crippen LogP contribution is -2.35. The second-order valence-electron chi connectivity index (χ2n) is 3.56. The van der Waals surface area contributed by atoms with Crippen molar-refractivity contribution < 1.29 is 19.2 Å². The number of ether oxygens (including phenoxy) is 1. The van der Waals surface area contributed by atoms with Crippen molar-refractivity contribution in [3.05, 3.63) is 0 Å². The SMILES string of the molecule is CC(=O)ON(C)C(=O)OC(C)(C)C. The highest BCUT2D eigenvalue weighted by Crippen LogP contribution is 2.08. The third-order valence-corrected chi connectivity index (χ3v) is 0.916. The second kappa shape index (κ2) is 4.11. The number of carbonyl (C=O) groups is 2. The van der Waals surface area contributed by atoms with E-state index in [1.807, 2.05) is 0 Å². The van der Waals surface area contributed by atoms with Gasteiger partial charge >= 0.3 is 12.1 Å². The summed E-state index contributed by atoms with van der Waals surface area (Å²) in [5, 5.41) is 0.758. The highest BCUT2D eigenvalue weighted by atomic mass is 16.8. The molecule has 5 heteroatoms. The van der Waals surface area contributed by atoms with Crippen LogP contribution in [0.1, 0.15) is 27.7 Å². The van der Waals surface area contributed by atoms with E-state index in [4.69, 9.17) is 4.74 Å². The van der Waals surface area contributed by atoms with Crippen LogP contribution in [-0.4, -0.2) is 29.8 Å². The zero-order chi connectivity index (χ0) is 10.6. The van der Waals surface area contributed by atoms with Crippen LogP contribution in [0.3, 0.4) is 0 Å². The van der Waals surface area contributed by atoms with E-state index in [2.05, 4.69) is 4.84 Å². The lowest BCUT2D eigenvalue weighted by atomic mass is 10.2. The standard InChI is InChI=1S/C8H15NO4/c1-6(10)13-9(5)7(11)12-8(2,3)4/h1-5H3. The number of hydroxylamine groups is 2. The first-order chi connectivity index (χ1) is 5.72. The molecule has 0 fully saturated rings. The Balaban J connectivity index is 4.05. The van der Waals surface area contributed by atoms with Crippen LogP contribution in [0.25, 0.3) is 0 Å². The first-order valence-electron chi connectivity index (χ1n) is 3.87. The highest BCUT2D eigenvalue weighted by molar-refractivity contribution is 5.71. The van der Waals surface area contributed by atoms with E-state index in [9.17, 15) is 9.59 Å². The zero-order valence-electron chi connectivity index (χ0n) is 8.58. The predicted octanol–water partition coefficient (Wildman–Crippen LogP) is 1.33. The molecule has 0 spiro atoms. The average molecular weight is 189 g/mol. The molecule has 0 aliphatic rings. The van der Waals surface area contributed by atoms with Gasteiger partial charge in [0.1, 0.15) is 5.60 Å². The fourth-order valence-corrected chi connectivity index (χ4v) is 0.556. The third kappa shape index (κ3) is 5.95. The quantitative estimate of drug-likeness (QED) is 0.539. The summed E-state index contributed by atoms with van der Waals surface area (Å²) in [6.45, 7) is 6.40. The van der Waals surface area contributed by atoms with Crippen molar-refractivity contribution in [2.24, 2.45) is 0 Å². The summed E-state index contributed by atoms with van der Waals surface area (Å²) >= 11 is 0. The molecule has 0 unspecified atom stereocenters. The van der Waals surface area contributed by atoms with Crippen molar-refractivity contribution in [3.8, 4) is 0 Å². The van der Waals surface area contributed by atoms with E-state index in [1.54, 1.807) is 20.8 Å². The van der Waals surface area contributed by atoms with Crippen LogP contribution < -0.4 is 0 Å². The van der Waals surface area contributed by atoms with E-state index in [1.165, 1.54) is 14.0 Å². The largest absolute Gasteiger partial charge is 0.443 e. The predicted molar refractivity (Wildman–Crippen MR) is 45.8 cm³/mol. The van der Waals surface area contributed by atoms with E-state index in [0.29, 0.717) is 0 Å². The van der Waals surface area contributed by atoms with Crippen molar-refractivity contribution in [1.29, 1.82) is 0 Å². The number of carbonyl (C=O) groups excluding carboxylic acids is 2. The van der Waals surface area contributed by atoms with Crippen LogP contribution in [0.4, 0.5) is 4.79 Å². The smallest absolute Gasteiger partial charge is 0.442 e. The summed E-state index contributed by atoms with van der Waals surface area (Å²) in [7, 11) is 1.31. The zero-order valence-corrected chi connectivity index (χ0v) is 8.58. The Labute approximate surface area is 77.6 Å². The van der Waals surface area contributed by atoms with Crippen LogP contribution in [0.5, 0.6) is 0 Å². The molecule has 13 heavy (non-hydrogen) atoms. The van der Waals surface area contributed by atoms with E-state index >= 15 is 0 Å². The van der Waals surface area contributed by atoms with Crippen molar-refractivity contribution in [3.63, 3.8) is 0 Å². The number of rotatable bonds is 0. The van der Waals surface area contributed by atoms with Gasteiger partial charge in [-0.05, 0) is 20.8 Å². The number of nitrogens with zero attached hydrogens (tertiary/aromatic N) is 1. The summed E-state index contributed by atoms with van der Waals surface area (Å²) in [6.07, 6.45) is -0.692. The van der Waals surface area contributed by atoms with Gasteiger partial charge in [-0.25, -0.2) is 4.79 Å². The molecule has 0 aromatic heterocycles. The van der Waals surface area contributed by atoms with Gasteiger partial charge in [0.2, 0.25) is 0 Å². The fourth-order valence-electron chi connectivity index (χ4n) is 0.556. The van der Waals surface area contributed by atoms with Gasteiger partial charge in [-0.15, -0.1) is 5.06 Å². The Bertz CT molecular complexity index is 207. The Hall–Kier alpha value is -1.26. The van der Waals surface area contributed by atoms with Crippen LogP contribution in [-0.2, 0) is 14.4 Å². The van der Waals surface area contributed by atoms with E-state index < -0.39 is 17.7 Å². The van der Waals surface area contributed by atoms with Crippen LogP contribution in [0.15, 0.2) is 0 Å². The fraction of sp³-hybridized carbons (Fsp3) is 0.750. The third-order valence-electron chi connectivity index (χ3n) is 0.916. The summed E-state index contributed by atoms with van der Waals surface area (Å²) in [5.41, 5.74) is -0.592. The summed E-state index contributed by atoms with van der Waals surface area (Å²) in [4.78, 5) is 26.1. The van der Waals surface area contributed by atoms with Gasteiger partial charge in [0.15, 0.2) is 0 Å².